The molecule has 13 heavy (non-hydrogen) atoms. The number of hydrogen-bond donors (Lipinski definition) is 1. The molecule has 1 aliphatic carbocycles. The number of aliphatic hydroxyl groups excluding tert-OH is 1. The predicted molar refractivity (Wildman–Crippen MR) is 51.9 cm³/mol. The average molecular weight is 183 g/mol. The first kappa shape index (κ1) is 10.7. The summed E-state index contributed by atoms with van der Waals surface area (Å²) in [4.78, 5) is 0. The molecular weight excluding hydrogens is 164 g/mol. The van der Waals surface area contributed by atoms with Gasteiger partial charge in [0.25, 0.3) is 0 Å². The average Bonchev–Trinajstić information content (AvgIpc) is 2.09. The summed E-state index contributed by atoms with van der Waals surface area (Å²) in [6.45, 7) is 2.03. The number of rotatable bonds is 3. The van der Waals surface area contributed by atoms with Crippen LogP contribution in [-0.2, 0) is 5.11 Å². The van der Waals surface area contributed by atoms with E-state index in [0.29, 0.717) is 12.3 Å². The van der Waals surface area contributed by atoms with E-state index in [9.17, 15) is 10.2 Å². The lowest BCUT2D eigenvalue weighted by Crippen LogP contribution is -2.17. The zero-order valence-corrected chi connectivity index (χ0v) is 8.33. The van der Waals surface area contributed by atoms with E-state index in [-0.39, 0.29) is 12.7 Å². The highest BCUT2D eigenvalue weighted by Crippen LogP contribution is 2.26. The second kappa shape index (κ2) is 5.40. The fourth-order valence-corrected chi connectivity index (χ4v) is 1.91. The van der Waals surface area contributed by atoms with Gasteiger partial charge in [-0.2, -0.15) is 0 Å². The molecule has 0 spiro atoms. The first-order valence-corrected chi connectivity index (χ1v) is 5.16. The first-order valence-electron chi connectivity index (χ1n) is 5.16. The Labute approximate surface area is 80.3 Å². The van der Waals surface area contributed by atoms with Crippen LogP contribution < -0.4 is 0 Å². The van der Waals surface area contributed by atoms with E-state index in [1.807, 2.05) is 6.92 Å². The topological polar surface area (TPSA) is 40.1 Å². The molecule has 0 heterocycles. The van der Waals surface area contributed by atoms with Crippen LogP contribution in [0.3, 0.4) is 0 Å². The minimum absolute atomic E-state index is 0.00230. The highest BCUT2D eigenvalue weighted by Gasteiger charge is 2.17. The maximum absolute atomic E-state index is 10.4. The van der Waals surface area contributed by atoms with E-state index >= 15 is 0 Å². The molecule has 0 aromatic heterocycles. The highest BCUT2D eigenvalue weighted by molar-refractivity contribution is 5.02. The van der Waals surface area contributed by atoms with Crippen LogP contribution in [0.4, 0.5) is 0 Å². The summed E-state index contributed by atoms with van der Waals surface area (Å²) in [5.41, 5.74) is 1.22. The smallest absolute Gasteiger partial charge is 0.0859 e. The molecule has 2 nitrogen and oxygen atoms in total. The van der Waals surface area contributed by atoms with Crippen LogP contribution >= 0.6 is 0 Å². The predicted octanol–water partition coefficient (Wildman–Crippen LogP) is 2.30. The van der Waals surface area contributed by atoms with Crippen LogP contribution in [0.25, 0.3) is 0 Å². The van der Waals surface area contributed by atoms with Crippen molar-refractivity contribution in [3.8, 4) is 0 Å². The van der Waals surface area contributed by atoms with Crippen molar-refractivity contribution in [1.82, 2.24) is 0 Å². The van der Waals surface area contributed by atoms with Gasteiger partial charge in [0.1, 0.15) is 0 Å². The van der Waals surface area contributed by atoms with Gasteiger partial charge < -0.3 is 5.11 Å². The minimum Gasteiger partial charge on any atom is -0.393 e. The summed E-state index contributed by atoms with van der Waals surface area (Å²) in [5, 5.41) is 19.6. The molecule has 2 heteroatoms. The Hall–Kier alpha value is -0.340. The molecule has 0 aliphatic heterocycles. The van der Waals surface area contributed by atoms with Gasteiger partial charge in [0, 0.05) is 0 Å². The van der Waals surface area contributed by atoms with Crippen LogP contribution in [0.15, 0.2) is 11.6 Å². The SMILES string of the molecule is CC(=C[C@H]1CC[C@@H](O)CC1)CC[O]. The summed E-state index contributed by atoms with van der Waals surface area (Å²) in [7, 11) is 0. The summed E-state index contributed by atoms with van der Waals surface area (Å²) < 4.78 is 0. The largest absolute Gasteiger partial charge is 0.393 e. The van der Waals surface area contributed by atoms with E-state index in [4.69, 9.17) is 0 Å². The third kappa shape index (κ3) is 3.92. The Bertz CT molecular complexity index is 167. The molecule has 0 saturated heterocycles. The van der Waals surface area contributed by atoms with Crippen molar-refractivity contribution in [2.24, 2.45) is 5.92 Å². The molecule has 1 saturated carbocycles. The molecule has 75 valence electrons. The molecule has 0 unspecified atom stereocenters. The van der Waals surface area contributed by atoms with Crippen molar-refractivity contribution in [2.45, 2.75) is 45.1 Å². The lowest BCUT2D eigenvalue weighted by Gasteiger charge is -2.23. The second-order valence-electron chi connectivity index (χ2n) is 4.04. The van der Waals surface area contributed by atoms with Gasteiger partial charge in [0.05, 0.1) is 12.7 Å². The second-order valence-corrected chi connectivity index (χ2v) is 4.04. The van der Waals surface area contributed by atoms with Gasteiger partial charge in [-0.1, -0.05) is 11.6 Å². The fourth-order valence-electron chi connectivity index (χ4n) is 1.91. The van der Waals surface area contributed by atoms with Gasteiger partial charge in [-0.3, -0.25) is 0 Å². The van der Waals surface area contributed by atoms with Gasteiger partial charge in [0.15, 0.2) is 0 Å². The summed E-state index contributed by atoms with van der Waals surface area (Å²) >= 11 is 0. The van der Waals surface area contributed by atoms with Crippen molar-refractivity contribution < 1.29 is 10.2 Å². The van der Waals surface area contributed by atoms with E-state index in [2.05, 4.69) is 6.08 Å². The molecule has 0 atom stereocenters. The molecule has 0 aromatic carbocycles. The van der Waals surface area contributed by atoms with E-state index in [1.165, 1.54) is 5.57 Å². The van der Waals surface area contributed by atoms with Crippen molar-refractivity contribution in [3.05, 3.63) is 11.6 Å². The monoisotopic (exact) mass is 183 g/mol. The van der Waals surface area contributed by atoms with E-state index < -0.39 is 0 Å². The zero-order valence-electron chi connectivity index (χ0n) is 8.33. The van der Waals surface area contributed by atoms with Gasteiger partial charge in [-0.05, 0) is 44.9 Å². The molecule has 1 aliphatic rings. The molecule has 0 bridgehead atoms. The maximum Gasteiger partial charge on any atom is 0.0859 e. The lowest BCUT2D eigenvalue weighted by atomic mass is 9.86. The van der Waals surface area contributed by atoms with Gasteiger partial charge in [-0.25, -0.2) is 5.11 Å². The molecular formula is C11H19O2. The standard InChI is InChI=1S/C11H19O2/c1-9(6-7-12)8-10-2-4-11(13)5-3-10/h8,10-11,13H,2-7H2,1H3/t10-,11+. The third-order valence-corrected chi connectivity index (χ3v) is 2.76. The van der Waals surface area contributed by atoms with Crippen LogP contribution in [0, 0.1) is 5.92 Å². The third-order valence-electron chi connectivity index (χ3n) is 2.76. The lowest BCUT2D eigenvalue weighted by molar-refractivity contribution is 0.117. The molecule has 0 aromatic rings. The first-order chi connectivity index (χ1) is 6.22. The Kier molecular flexibility index (Phi) is 4.46. The van der Waals surface area contributed by atoms with Crippen molar-refractivity contribution in [3.63, 3.8) is 0 Å². The molecule has 0 amide bonds. The molecule has 1 N–H and O–H groups in total. The van der Waals surface area contributed by atoms with Gasteiger partial charge in [0.2, 0.25) is 0 Å². The Morgan fingerprint density at radius 2 is 2.00 bits per heavy atom. The van der Waals surface area contributed by atoms with Crippen LogP contribution in [0.1, 0.15) is 39.0 Å². The number of allylic oxidation sites excluding steroid dienone is 1. The Morgan fingerprint density at radius 1 is 1.38 bits per heavy atom. The highest BCUT2D eigenvalue weighted by atomic mass is 16.3. The zero-order chi connectivity index (χ0) is 9.68. The van der Waals surface area contributed by atoms with Crippen LogP contribution in [0.5, 0.6) is 0 Å². The quantitative estimate of drug-likeness (QED) is 0.670. The molecule has 1 fully saturated rings. The van der Waals surface area contributed by atoms with Gasteiger partial charge >= 0.3 is 0 Å². The van der Waals surface area contributed by atoms with E-state index in [1.54, 1.807) is 0 Å². The maximum atomic E-state index is 10.4. The summed E-state index contributed by atoms with van der Waals surface area (Å²) in [6.07, 6.45) is 6.83. The fraction of sp³-hybridized carbons (Fsp3) is 0.818. The summed E-state index contributed by atoms with van der Waals surface area (Å²) in [6, 6.07) is 0. The van der Waals surface area contributed by atoms with Crippen LogP contribution in [-0.4, -0.2) is 17.8 Å². The Balaban J connectivity index is 2.32. The van der Waals surface area contributed by atoms with Crippen molar-refractivity contribution >= 4 is 0 Å². The molecule has 1 rings (SSSR count). The number of aliphatic hydroxyl groups is 1. The van der Waals surface area contributed by atoms with Gasteiger partial charge in [-0.15, -0.1) is 0 Å². The summed E-state index contributed by atoms with van der Waals surface area (Å²) in [5.74, 6) is 0.606. The van der Waals surface area contributed by atoms with Crippen LogP contribution in [0.2, 0.25) is 0 Å². The number of hydrogen-bond acceptors (Lipinski definition) is 1. The molecule has 1 radical (unpaired) electrons. The van der Waals surface area contributed by atoms with E-state index in [0.717, 1.165) is 25.7 Å². The van der Waals surface area contributed by atoms with Crippen molar-refractivity contribution in [1.29, 1.82) is 0 Å². The normalized spacial score (nSPS) is 30.5. The Morgan fingerprint density at radius 3 is 2.54 bits per heavy atom. The minimum atomic E-state index is -0.0792. The van der Waals surface area contributed by atoms with Crippen molar-refractivity contribution in [2.75, 3.05) is 6.61 Å².